The second kappa shape index (κ2) is 2.67. The van der Waals surface area contributed by atoms with Crippen LogP contribution in [0.5, 0.6) is 0 Å². The highest BCUT2D eigenvalue weighted by Gasteiger charge is 1.98. The van der Waals surface area contributed by atoms with Gasteiger partial charge in [0.05, 0.1) is 5.56 Å². The number of halogens is 1. The minimum atomic E-state index is -0.658. The van der Waals surface area contributed by atoms with Crippen LogP contribution < -0.4 is 0 Å². The first kappa shape index (κ1) is 7.03. The number of aromatic nitrogens is 1. The van der Waals surface area contributed by atoms with E-state index in [1.807, 2.05) is 0 Å². The van der Waals surface area contributed by atoms with Crippen molar-refractivity contribution in [3.8, 4) is 6.07 Å². The Labute approximate surface area is 62.7 Å². The first-order valence-corrected chi connectivity index (χ1v) is 2.93. The number of nitrogens with zero attached hydrogens (tertiary/aromatic N) is 2. The van der Waals surface area contributed by atoms with Crippen molar-refractivity contribution in [2.24, 2.45) is 0 Å². The Morgan fingerprint density at radius 2 is 2.40 bits per heavy atom. The summed E-state index contributed by atoms with van der Waals surface area (Å²) in [4.78, 5) is 3.69. The predicted molar refractivity (Wildman–Crippen MR) is 36.2 cm³/mol. The third kappa shape index (κ3) is 1.25. The highest BCUT2D eigenvalue weighted by molar-refractivity contribution is 7.80. The summed E-state index contributed by atoms with van der Waals surface area (Å²) in [7, 11) is 0. The van der Waals surface area contributed by atoms with Crippen molar-refractivity contribution in [3.63, 3.8) is 0 Å². The molecule has 0 saturated carbocycles. The SMILES string of the molecule is N#Cc1cc(F)ncc1S. The van der Waals surface area contributed by atoms with Crippen LogP contribution >= 0.6 is 12.6 Å². The lowest BCUT2D eigenvalue weighted by Crippen LogP contribution is -1.85. The highest BCUT2D eigenvalue weighted by atomic mass is 32.1. The molecule has 1 aromatic rings. The van der Waals surface area contributed by atoms with Gasteiger partial charge in [-0.15, -0.1) is 12.6 Å². The van der Waals surface area contributed by atoms with Crippen molar-refractivity contribution in [3.05, 3.63) is 23.8 Å². The van der Waals surface area contributed by atoms with E-state index in [1.165, 1.54) is 6.20 Å². The van der Waals surface area contributed by atoms with Gasteiger partial charge in [0.15, 0.2) is 0 Å². The molecule has 10 heavy (non-hydrogen) atoms. The first-order valence-electron chi connectivity index (χ1n) is 2.48. The topological polar surface area (TPSA) is 36.7 Å². The van der Waals surface area contributed by atoms with Crippen LogP contribution in [0.4, 0.5) is 4.39 Å². The van der Waals surface area contributed by atoms with Crippen LogP contribution in [-0.4, -0.2) is 4.98 Å². The van der Waals surface area contributed by atoms with Gasteiger partial charge in [-0.25, -0.2) is 4.98 Å². The maximum absolute atomic E-state index is 12.2. The van der Waals surface area contributed by atoms with Crippen LogP contribution in [0, 0.1) is 17.3 Å². The van der Waals surface area contributed by atoms with Gasteiger partial charge in [0.1, 0.15) is 6.07 Å². The van der Waals surface area contributed by atoms with Gasteiger partial charge in [-0.3, -0.25) is 0 Å². The Hall–Kier alpha value is -1.08. The molecule has 0 fully saturated rings. The molecule has 0 spiro atoms. The molecule has 0 saturated heterocycles. The van der Waals surface area contributed by atoms with Crippen molar-refractivity contribution >= 4 is 12.6 Å². The molecule has 0 unspecified atom stereocenters. The number of pyridine rings is 1. The second-order valence-electron chi connectivity index (χ2n) is 1.64. The highest BCUT2D eigenvalue weighted by Crippen LogP contribution is 2.10. The van der Waals surface area contributed by atoms with E-state index in [2.05, 4.69) is 17.6 Å². The summed E-state index contributed by atoms with van der Waals surface area (Å²) in [6.07, 6.45) is 1.21. The molecule has 1 rings (SSSR count). The van der Waals surface area contributed by atoms with Gasteiger partial charge in [0.25, 0.3) is 0 Å². The minimum absolute atomic E-state index is 0.204. The molecular weight excluding hydrogens is 151 g/mol. The second-order valence-corrected chi connectivity index (χ2v) is 2.12. The van der Waals surface area contributed by atoms with Gasteiger partial charge < -0.3 is 0 Å². The van der Waals surface area contributed by atoms with E-state index in [1.54, 1.807) is 6.07 Å². The smallest absolute Gasteiger partial charge is 0.214 e. The molecule has 1 aromatic heterocycles. The van der Waals surface area contributed by atoms with Gasteiger partial charge in [-0.05, 0) is 0 Å². The molecule has 0 aliphatic carbocycles. The Kier molecular flexibility index (Phi) is 1.88. The van der Waals surface area contributed by atoms with Gasteiger partial charge in [-0.2, -0.15) is 9.65 Å². The number of rotatable bonds is 0. The summed E-state index contributed by atoms with van der Waals surface area (Å²) >= 11 is 3.87. The molecule has 0 aromatic carbocycles. The number of nitriles is 1. The molecule has 0 radical (unpaired) electrons. The quantitative estimate of drug-likeness (QED) is 0.452. The molecule has 0 bridgehead atoms. The molecular formula is C6H3FN2S. The van der Waals surface area contributed by atoms with E-state index >= 15 is 0 Å². The van der Waals surface area contributed by atoms with E-state index in [0.717, 1.165) is 6.07 Å². The monoisotopic (exact) mass is 154 g/mol. The largest absolute Gasteiger partial charge is 0.227 e. The predicted octanol–water partition coefficient (Wildman–Crippen LogP) is 1.38. The van der Waals surface area contributed by atoms with Crippen LogP contribution in [0.3, 0.4) is 0 Å². The first-order chi connectivity index (χ1) is 4.74. The third-order valence-electron chi connectivity index (χ3n) is 0.970. The average Bonchev–Trinajstić information content (AvgIpc) is 1.94. The fourth-order valence-electron chi connectivity index (χ4n) is 0.512. The van der Waals surface area contributed by atoms with Crippen molar-refractivity contribution in [1.29, 1.82) is 5.26 Å². The maximum Gasteiger partial charge on any atom is 0.214 e. The van der Waals surface area contributed by atoms with Gasteiger partial charge in [0.2, 0.25) is 5.95 Å². The Morgan fingerprint density at radius 3 is 2.90 bits per heavy atom. The normalized spacial score (nSPS) is 8.90. The van der Waals surface area contributed by atoms with E-state index in [4.69, 9.17) is 5.26 Å². The fraction of sp³-hybridized carbons (Fsp3) is 0. The number of hydrogen-bond donors (Lipinski definition) is 1. The lowest BCUT2D eigenvalue weighted by Gasteiger charge is -1.91. The summed E-state index contributed by atoms with van der Waals surface area (Å²) in [6.45, 7) is 0. The lowest BCUT2D eigenvalue weighted by molar-refractivity contribution is 0.580. The summed E-state index contributed by atoms with van der Waals surface area (Å²) in [5.74, 6) is -0.658. The van der Waals surface area contributed by atoms with Crippen molar-refractivity contribution < 1.29 is 4.39 Å². The zero-order valence-electron chi connectivity index (χ0n) is 4.87. The molecule has 0 N–H and O–H groups in total. The van der Waals surface area contributed by atoms with Crippen molar-refractivity contribution in [2.45, 2.75) is 4.90 Å². The molecule has 50 valence electrons. The van der Waals surface area contributed by atoms with E-state index < -0.39 is 5.95 Å². The van der Waals surface area contributed by atoms with E-state index in [-0.39, 0.29) is 5.56 Å². The summed E-state index contributed by atoms with van der Waals surface area (Å²) in [5.41, 5.74) is 0.204. The number of hydrogen-bond acceptors (Lipinski definition) is 3. The Morgan fingerprint density at radius 1 is 1.70 bits per heavy atom. The van der Waals surface area contributed by atoms with Crippen LogP contribution in [-0.2, 0) is 0 Å². The molecule has 0 aliphatic heterocycles. The average molecular weight is 154 g/mol. The molecule has 0 atom stereocenters. The molecule has 1 heterocycles. The summed E-state index contributed by atoms with van der Waals surface area (Å²) < 4.78 is 12.2. The maximum atomic E-state index is 12.2. The van der Waals surface area contributed by atoms with Crippen LogP contribution in [0.2, 0.25) is 0 Å². The zero-order chi connectivity index (χ0) is 7.56. The standard InChI is InChI=1S/C6H3FN2S/c7-6-1-4(2-8)5(10)3-9-6/h1,3,10H. The minimum Gasteiger partial charge on any atom is -0.227 e. The van der Waals surface area contributed by atoms with E-state index in [0.29, 0.717) is 4.90 Å². The molecule has 0 aliphatic rings. The fourth-order valence-corrected chi connectivity index (χ4v) is 0.684. The summed E-state index contributed by atoms with van der Waals surface area (Å²) in [6, 6.07) is 2.82. The van der Waals surface area contributed by atoms with Crippen LogP contribution in [0.25, 0.3) is 0 Å². The molecule has 4 heteroatoms. The summed E-state index contributed by atoms with van der Waals surface area (Å²) in [5, 5.41) is 8.35. The molecule has 0 amide bonds. The van der Waals surface area contributed by atoms with Crippen LogP contribution in [0.15, 0.2) is 17.2 Å². The van der Waals surface area contributed by atoms with Gasteiger partial charge in [0, 0.05) is 17.2 Å². The van der Waals surface area contributed by atoms with Crippen molar-refractivity contribution in [2.75, 3.05) is 0 Å². The van der Waals surface area contributed by atoms with Gasteiger partial charge >= 0.3 is 0 Å². The number of thiol groups is 1. The lowest BCUT2D eigenvalue weighted by atomic mass is 10.3. The third-order valence-corrected chi connectivity index (χ3v) is 1.33. The van der Waals surface area contributed by atoms with E-state index in [9.17, 15) is 4.39 Å². The van der Waals surface area contributed by atoms with Gasteiger partial charge in [-0.1, -0.05) is 0 Å². The Balaban J connectivity index is 3.25. The molecule has 2 nitrogen and oxygen atoms in total. The Bertz CT molecular complexity index is 292. The zero-order valence-corrected chi connectivity index (χ0v) is 5.77. The van der Waals surface area contributed by atoms with Crippen molar-refractivity contribution in [1.82, 2.24) is 4.98 Å². The van der Waals surface area contributed by atoms with Crippen LogP contribution in [0.1, 0.15) is 5.56 Å².